The molecular weight excluding hydrogens is 549 g/mol. The molecule has 2 rings (SSSR count). The summed E-state index contributed by atoms with van der Waals surface area (Å²) in [5, 5.41) is 20.6. The predicted octanol–water partition coefficient (Wildman–Crippen LogP) is 4.92. The molecule has 1 aliphatic rings. The lowest BCUT2D eigenvalue weighted by Crippen LogP contribution is -2.36. The number of aromatic nitrogens is 2. The van der Waals surface area contributed by atoms with E-state index in [9.17, 15) is 24.5 Å². The van der Waals surface area contributed by atoms with Crippen molar-refractivity contribution in [2.75, 3.05) is 31.7 Å². The van der Waals surface area contributed by atoms with Crippen LogP contribution in [0.15, 0.2) is 17.1 Å². The van der Waals surface area contributed by atoms with Gasteiger partial charge in [0, 0.05) is 25.6 Å². The van der Waals surface area contributed by atoms with E-state index >= 15 is 0 Å². The first-order chi connectivity index (χ1) is 19.7. The van der Waals surface area contributed by atoms with Crippen molar-refractivity contribution in [1.82, 2.24) is 9.55 Å². The Balaban J connectivity index is 1.44. The highest BCUT2D eigenvalue weighted by Crippen LogP contribution is 2.44. The maximum atomic E-state index is 12.4. The van der Waals surface area contributed by atoms with Gasteiger partial charge < -0.3 is 34.8 Å². The summed E-state index contributed by atoms with van der Waals surface area (Å²) in [6.07, 6.45) is 14.9. The van der Waals surface area contributed by atoms with Crippen LogP contribution >= 0.6 is 7.60 Å². The van der Waals surface area contributed by atoms with Crippen molar-refractivity contribution < 1.29 is 33.7 Å². The summed E-state index contributed by atoms with van der Waals surface area (Å²) in [6.45, 7) is 3.59. The van der Waals surface area contributed by atoms with Crippen molar-refractivity contribution in [1.29, 1.82) is 0 Å². The molecule has 0 bridgehead atoms. The van der Waals surface area contributed by atoms with Gasteiger partial charge in [-0.15, -0.1) is 0 Å². The minimum absolute atomic E-state index is 0.0132. The van der Waals surface area contributed by atoms with E-state index in [0.717, 1.165) is 49.9 Å². The average molecular weight is 604 g/mol. The molecule has 238 valence electrons. The van der Waals surface area contributed by atoms with Gasteiger partial charge in [0.05, 0.1) is 6.61 Å². The summed E-state index contributed by atoms with van der Waals surface area (Å²) >= 11 is 0. The summed E-state index contributed by atoms with van der Waals surface area (Å²) in [6, 6.07) is 1.37. The minimum Gasteiger partial charge on any atom is -0.387 e. The molecule has 12 heteroatoms. The molecule has 0 aromatic carbocycles. The van der Waals surface area contributed by atoms with Crippen molar-refractivity contribution in [3.05, 3.63) is 22.7 Å². The van der Waals surface area contributed by atoms with E-state index in [-0.39, 0.29) is 18.6 Å². The van der Waals surface area contributed by atoms with Crippen molar-refractivity contribution in [3.8, 4) is 0 Å². The van der Waals surface area contributed by atoms with Gasteiger partial charge in [0.15, 0.2) is 6.23 Å². The number of nitrogen functional groups attached to an aromatic ring is 1. The highest BCUT2D eigenvalue weighted by molar-refractivity contribution is 7.52. The number of ether oxygens (including phenoxy) is 2. The number of nitrogens with two attached hydrogens (primary N) is 1. The van der Waals surface area contributed by atoms with E-state index in [1.807, 2.05) is 0 Å². The smallest absolute Gasteiger partial charge is 0.351 e. The lowest BCUT2D eigenvalue weighted by Gasteiger charge is -2.18. The summed E-state index contributed by atoms with van der Waals surface area (Å²) < 4.78 is 29.9. The molecule has 1 aliphatic heterocycles. The molecule has 1 saturated heterocycles. The molecule has 0 saturated carbocycles. The van der Waals surface area contributed by atoms with Crippen molar-refractivity contribution in [2.24, 2.45) is 0 Å². The van der Waals surface area contributed by atoms with Gasteiger partial charge in [0.2, 0.25) is 0 Å². The van der Waals surface area contributed by atoms with Gasteiger partial charge >= 0.3 is 13.3 Å². The fourth-order valence-electron chi connectivity index (χ4n) is 4.99. The molecule has 11 nitrogen and oxygen atoms in total. The van der Waals surface area contributed by atoms with Crippen LogP contribution in [0.25, 0.3) is 0 Å². The number of nitrogens with zero attached hydrogens (tertiary/aromatic N) is 2. The van der Waals surface area contributed by atoms with Crippen molar-refractivity contribution >= 4 is 13.4 Å². The molecule has 5 N–H and O–H groups in total. The number of hydrogen-bond donors (Lipinski definition) is 4. The van der Waals surface area contributed by atoms with E-state index in [4.69, 9.17) is 19.7 Å². The van der Waals surface area contributed by atoms with E-state index in [1.54, 1.807) is 0 Å². The van der Waals surface area contributed by atoms with Crippen LogP contribution in [0.4, 0.5) is 5.82 Å². The quantitative estimate of drug-likeness (QED) is 0.0940. The number of rotatable bonds is 24. The number of anilines is 1. The Morgan fingerprint density at radius 2 is 1.44 bits per heavy atom. The lowest BCUT2D eigenvalue weighted by atomic mass is 10.1. The van der Waals surface area contributed by atoms with Crippen molar-refractivity contribution in [2.45, 2.75) is 134 Å². The van der Waals surface area contributed by atoms with Gasteiger partial charge in [-0.1, -0.05) is 90.4 Å². The average Bonchev–Trinajstić information content (AvgIpc) is 3.22. The maximum absolute atomic E-state index is 12.4. The number of unbranched alkanes of at least 4 members (excludes halogenated alkanes) is 14. The zero-order chi connectivity index (χ0) is 29.9. The maximum Gasteiger partial charge on any atom is 0.351 e. The molecule has 1 fully saturated rings. The summed E-state index contributed by atoms with van der Waals surface area (Å²) in [5.41, 5.74) is 4.74. The van der Waals surface area contributed by atoms with Gasteiger partial charge in [0.25, 0.3) is 0 Å². The molecule has 1 aromatic rings. The third-order valence-corrected chi connectivity index (χ3v) is 8.96. The Kier molecular flexibility index (Phi) is 18.0. The second-order valence-electron chi connectivity index (χ2n) is 11.2. The number of aliphatic hydroxyl groups excluding tert-OH is 2. The molecule has 1 aromatic heterocycles. The number of aliphatic hydroxyl groups is 2. The molecule has 0 spiro atoms. The highest BCUT2D eigenvalue weighted by atomic mass is 31.2. The molecule has 0 aliphatic carbocycles. The van der Waals surface area contributed by atoms with Gasteiger partial charge in [-0.3, -0.25) is 9.13 Å². The van der Waals surface area contributed by atoms with Gasteiger partial charge in [-0.2, -0.15) is 4.98 Å². The van der Waals surface area contributed by atoms with E-state index < -0.39 is 37.8 Å². The Bertz CT molecular complexity index is 934. The van der Waals surface area contributed by atoms with E-state index in [0.29, 0.717) is 6.42 Å². The van der Waals surface area contributed by atoms with Gasteiger partial charge in [0.1, 0.15) is 24.1 Å². The fraction of sp³-hybridized carbons (Fsp3) is 0.862. The molecule has 2 heterocycles. The largest absolute Gasteiger partial charge is 0.387 e. The lowest BCUT2D eigenvalue weighted by molar-refractivity contribution is -0.0524. The summed E-state index contributed by atoms with van der Waals surface area (Å²) in [4.78, 5) is 25.8. The van der Waals surface area contributed by atoms with Crippen LogP contribution in [0.2, 0.25) is 0 Å². The Morgan fingerprint density at radius 3 is 2.00 bits per heavy atom. The first kappa shape index (κ1) is 35.9. The first-order valence-corrected chi connectivity index (χ1v) is 17.4. The highest BCUT2D eigenvalue weighted by Gasteiger charge is 2.45. The van der Waals surface area contributed by atoms with Gasteiger partial charge in [-0.25, -0.2) is 4.79 Å². The third-order valence-electron chi connectivity index (χ3n) is 7.53. The molecule has 2 unspecified atom stereocenters. The minimum atomic E-state index is -3.88. The molecule has 0 radical (unpaired) electrons. The second kappa shape index (κ2) is 20.6. The topological polar surface area (TPSA) is 166 Å². The van der Waals surface area contributed by atoms with Gasteiger partial charge in [-0.05, 0) is 25.3 Å². The van der Waals surface area contributed by atoms with Crippen LogP contribution in [0, 0.1) is 0 Å². The zero-order valence-corrected chi connectivity index (χ0v) is 25.8. The van der Waals surface area contributed by atoms with E-state index in [1.165, 1.54) is 76.5 Å². The normalized spacial score (nSPS) is 22.2. The SMILES string of the molecule is CCCCCCCCCCOCCCCCCCCCCP(=O)(O)OC[C@H]1O[C@@H](n2ccc(N)nc2=O)C(O)[C@H]1O. The summed E-state index contributed by atoms with van der Waals surface area (Å²) in [5.74, 6) is 0.0188. The van der Waals surface area contributed by atoms with Crippen LogP contribution in [-0.2, 0) is 18.6 Å². The molecular formula is C29H54N3O8P. The standard InChI is InChI=1S/C29H54N3O8P/c1-2-3-4-5-6-9-12-15-20-38-21-16-13-10-7-8-11-14-17-22-41(36,37)39-23-24-26(33)27(34)28(40-24)32-19-18-25(30)31-29(32)35/h18-19,24,26-28,33-34H,2-17,20-23H2,1H3,(H,36,37)(H2,30,31,35)/t24-,26+,27?,28-/m1/s1. The Morgan fingerprint density at radius 1 is 0.902 bits per heavy atom. The molecule has 5 atom stereocenters. The summed E-state index contributed by atoms with van der Waals surface area (Å²) in [7, 11) is -3.88. The second-order valence-corrected chi connectivity index (χ2v) is 13.1. The first-order valence-electron chi connectivity index (χ1n) is 15.7. The third kappa shape index (κ3) is 14.6. The number of hydrogen-bond acceptors (Lipinski definition) is 9. The molecule has 41 heavy (non-hydrogen) atoms. The van der Waals surface area contributed by atoms with Crippen LogP contribution in [0.5, 0.6) is 0 Å². The monoisotopic (exact) mass is 603 g/mol. The van der Waals surface area contributed by atoms with Crippen LogP contribution in [0.1, 0.15) is 116 Å². The molecule has 0 amide bonds. The van der Waals surface area contributed by atoms with E-state index in [2.05, 4.69) is 11.9 Å². The fourth-order valence-corrected chi connectivity index (χ4v) is 6.12. The zero-order valence-electron chi connectivity index (χ0n) is 24.9. The Hall–Kier alpha value is -1.33. The van der Waals surface area contributed by atoms with Crippen molar-refractivity contribution in [3.63, 3.8) is 0 Å². The van der Waals surface area contributed by atoms with Crippen LogP contribution in [-0.4, -0.2) is 69.0 Å². The predicted molar refractivity (Wildman–Crippen MR) is 160 cm³/mol. The Labute approximate surface area is 245 Å². The van der Waals surface area contributed by atoms with Crippen LogP contribution in [0.3, 0.4) is 0 Å². The van der Waals surface area contributed by atoms with Crippen LogP contribution < -0.4 is 11.4 Å².